The Hall–Kier alpha value is -2.15. The van der Waals surface area contributed by atoms with Gasteiger partial charge in [-0.1, -0.05) is 32.4 Å². The van der Waals surface area contributed by atoms with Gasteiger partial charge in [0.1, 0.15) is 5.82 Å². The van der Waals surface area contributed by atoms with Gasteiger partial charge in [-0.2, -0.15) is 0 Å². The molecule has 1 N–H and O–H groups in total. The maximum atomic E-state index is 12.2. The van der Waals surface area contributed by atoms with E-state index >= 15 is 0 Å². The van der Waals surface area contributed by atoms with E-state index in [1.54, 1.807) is 9.13 Å². The summed E-state index contributed by atoms with van der Waals surface area (Å²) in [4.78, 5) is 33.6. The minimum Gasteiger partial charge on any atom is -0.324 e. The summed E-state index contributed by atoms with van der Waals surface area (Å²) in [5.41, 5.74) is 1.23. The Kier molecular flexibility index (Phi) is 5.77. The maximum absolute atomic E-state index is 12.2. The van der Waals surface area contributed by atoms with Crippen molar-refractivity contribution in [2.45, 2.75) is 46.7 Å². The third kappa shape index (κ3) is 3.67. The lowest BCUT2D eigenvalue weighted by Crippen LogP contribution is -2.31. The van der Waals surface area contributed by atoms with Gasteiger partial charge in [0.25, 0.3) is 5.56 Å². The van der Waals surface area contributed by atoms with Crippen LogP contribution >= 0.6 is 0 Å². The highest BCUT2D eigenvalue weighted by molar-refractivity contribution is 5.70. The number of hydrogen-bond acceptors (Lipinski definition) is 4. The molecule has 0 amide bonds. The molecular formula is C17H27N5O2. The first kappa shape index (κ1) is 18.2. The smallest absolute Gasteiger partial charge is 0.324 e. The summed E-state index contributed by atoms with van der Waals surface area (Å²) in [6, 6.07) is 0. The van der Waals surface area contributed by atoms with Gasteiger partial charge in [-0.25, -0.2) is 9.78 Å². The Morgan fingerprint density at radius 3 is 2.62 bits per heavy atom. The first-order valence-corrected chi connectivity index (χ1v) is 8.44. The fraction of sp³-hybridized carbons (Fsp3) is 0.588. The van der Waals surface area contributed by atoms with E-state index in [9.17, 15) is 9.59 Å². The minimum absolute atomic E-state index is 0.382. The lowest BCUT2D eigenvalue weighted by molar-refractivity contribution is 0.294. The number of H-pyrrole nitrogens is 1. The first-order chi connectivity index (χ1) is 11.4. The van der Waals surface area contributed by atoms with Crippen molar-refractivity contribution in [2.24, 2.45) is 7.05 Å². The summed E-state index contributed by atoms with van der Waals surface area (Å²) in [5, 5.41) is 0. The van der Waals surface area contributed by atoms with E-state index in [4.69, 9.17) is 0 Å². The van der Waals surface area contributed by atoms with Gasteiger partial charge in [-0.05, 0) is 19.9 Å². The first-order valence-electron chi connectivity index (χ1n) is 8.44. The number of nitrogens with zero attached hydrogens (tertiary/aromatic N) is 4. The molecule has 0 aliphatic carbocycles. The molecule has 0 aliphatic rings. The van der Waals surface area contributed by atoms with Crippen LogP contribution in [0.5, 0.6) is 0 Å². The summed E-state index contributed by atoms with van der Waals surface area (Å²) in [7, 11) is 1.82. The van der Waals surface area contributed by atoms with Gasteiger partial charge in [-0.15, -0.1) is 0 Å². The van der Waals surface area contributed by atoms with E-state index in [2.05, 4.69) is 35.3 Å². The lowest BCUT2D eigenvalue weighted by atomic mass is 10.3. The highest BCUT2D eigenvalue weighted by Crippen LogP contribution is 2.12. The normalized spacial score (nSPS) is 11.5. The molecule has 132 valence electrons. The Labute approximate surface area is 141 Å². The summed E-state index contributed by atoms with van der Waals surface area (Å²) in [5.74, 6) is 0.773. The van der Waals surface area contributed by atoms with Crippen LogP contribution in [0.3, 0.4) is 0 Å². The lowest BCUT2D eigenvalue weighted by Gasteiger charge is -2.19. The molecular weight excluding hydrogens is 306 g/mol. The molecule has 2 aromatic heterocycles. The Morgan fingerprint density at radius 2 is 2.04 bits per heavy atom. The highest BCUT2D eigenvalue weighted by Gasteiger charge is 2.17. The number of aryl methyl sites for hydroxylation is 2. The van der Waals surface area contributed by atoms with Gasteiger partial charge < -0.3 is 4.57 Å². The van der Waals surface area contributed by atoms with E-state index in [-0.39, 0.29) is 11.2 Å². The van der Waals surface area contributed by atoms with Crippen molar-refractivity contribution in [3.8, 4) is 0 Å². The zero-order valence-electron chi connectivity index (χ0n) is 15.1. The van der Waals surface area contributed by atoms with Gasteiger partial charge in [0.15, 0.2) is 11.2 Å². The molecule has 0 bridgehead atoms. The minimum atomic E-state index is -0.389. The Morgan fingerprint density at radius 1 is 1.33 bits per heavy atom. The van der Waals surface area contributed by atoms with Crippen molar-refractivity contribution >= 4 is 11.2 Å². The van der Waals surface area contributed by atoms with Gasteiger partial charge in [0, 0.05) is 20.1 Å². The van der Waals surface area contributed by atoms with E-state index in [0.29, 0.717) is 24.3 Å². The topological polar surface area (TPSA) is 75.9 Å². The average molecular weight is 333 g/mol. The summed E-state index contributed by atoms with van der Waals surface area (Å²) >= 11 is 0. The number of unbranched alkanes of at least 4 members (excludes halogenated alkanes) is 1. The number of fused-ring (bicyclic) bond motifs is 1. The van der Waals surface area contributed by atoms with Crippen molar-refractivity contribution in [2.75, 3.05) is 13.1 Å². The fourth-order valence-electron chi connectivity index (χ4n) is 2.82. The Bertz CT molecular complexity index is 843. The van der Waals surface area contributed by atoms with Crippen LogP contribution in [0.2, 0.25) is 0 Å². The molecule has 0 saturated heterocycles. The van der Waals surface area contributed by atoms with E-state index in [1.165, 1.54) is 0 Å². The van der Waals surface area contributed by atoms with Crippen LogP contribution < -0.4 is 11.2 Å². The van der Waals surface area contributed by atoms with E-state index in [1.807, 2.05) is 14.0 Å². The van der Waals surface area contributed by atoms with Crippen molar-refractivity contribution < 1.29 is 0 Å². The third-order valence-electron chi connectivity index (χ3n) is 4.15. The SMILES string of the molecule is C=C(C)CN(CC)Cc1nc2c(c(=O)[nH]c(=O)n2CCCC)n1C. The highest BCUT2D eigenvalue weighted by atomic mass is 16.2. The molecule has 0 fully saturated rings. The predicted molar refractivity (Wildman–Crippen MR) is 96.3 cm³/mol. The van der Waals surface area contributed by atoms with Crippen LogP contribution in [0.15, 0.2) is 21.7 Å². The van der Waals surface area contributed by atoms with Crippen molar-refractivity contribution in [3.63, 3.8) is 0 Å². The third-order valence-corrected chi connectivity index (χ3v) is 4.15. The molecule has 0 unspecified atom stereocenters. The second kappa shape index (κ2) is 7.61. The molecule has 0 radical (unpaired) electrons. The number of imidazole rings is 1. The van der Waals surface area contributed by atoms with Crippen LogP contribution in [0.1, 0.15) is 39.4 Å². The fourth-order valence-corrected chi connectivity index (χ4v) is 2.82. The van der Waals surface area contributed by atoms with Crippen LogP contribution in [-0.2, 0) is 20.1 Å². The predicted octanol–water partition coefficient (Wildman–Crippen LogP) is 1.62. The van der Waals surface area contributed by atoms with Gasteiger partial charge in [-0.3, -0.25) is 19.2 Å². The van der Waals surface area contributed by atoms with E-state index in [0.717, 1.165) is 37.3 Å². The molecule has 0 spiro atoms. The van der Waals surface area contributed by atoms with Crippen LogP contribution in [0, 0.1) is 0 Å². The van der Waals surface area contributed by atoms with Crippen LogP contribution in [0.25, 0.3) is 11.2 Å². The quantitative estimate of drug-likeness (QED) is 0.745. The average Bonchev–Trinajstić information content (AvgIpc) is 2.83. The van der Waals surface area contributed by atoms with Crippen molar-refractivity contribution in [3.05, 3.63) is 38.8 Å². The van der Waals surface area contributed by atoms with Crippen LogP contribution in [0.4, 0.5) is 0 Å². The molecule has 7 nitrogen and oxygen atoms in total. The molecule has 0 saturated carbocycles. The largest absolute Gasteiger partial charge is 0.330 e. The number of aromatic amines is 1. The number of nitrogens with one attached hydrogen (secondary N) is 1. The molecule has 0 aromatic carbocycles. The zero-order chi connectivity index (χ0) is 17.9. The molecule has 2 aromatic rings. The summed E-state index contributed by atoms with van der Waals surface area (Å²) < 4.78 is 3.36. The van der Waals surface area contributed by atoms with Gasteiger partial charge in [0.2, 0.25) is 0 Å². The number of likely N-dealkylation sites (N-methyl/N-ethyl adjacent to an activating group) is 1. The van der Waals surface area contributed by atoms with E-state index < -0.39 is 0 Å². The molecule has 7 heteroatoms. The molecule has 0 aliphatic heterocycles. The molecule has 2 rings (SSSR count). The monoisotopic (exact) mass is 333 g/mol. The van der Waals surface area contributed by atoms with Crippen LogP contribution in [-0.4, -0.2) is 37.1 Å². The standard InChI is InChI=1S/C17H27N5O2/c1-6-8-9-22-15-14(16(23)19-17(22)24)20(5)13(18-15)11-21(7-2)10-12(3)4/h3,6-11H2,1-2,4-5H3,(H,19,23,24). The van der Waals surface area contributed by atoms with Gasteiger partial charge >= 0.3 is 5.69 Å². The second-order valence-electron chi connectivity index (χ2n) is 6.28. The second-order valence-corrected chi connectivity index (χ2v) is 6.28. The molecule has 0 atom stereocenters. The Balaban J connectivity index is 2.52. The molecule has 24 heavy (non-hydrogen) atoms. The zero-order valence-corrected chi connectivity index (χ0v) is 15.1. The maximum Gasteiger partial charge on any atom is 0.330 e. The van der Waals surface area contributed by atoms with Gasteiger partial charge in [0.05, 0.1) is 6.54 Å². The number of aromatic nitrogens is 4. The molecule has 2 heterocycles. The summed E-state index contributed by atoms with van der Waals surface area (Å²) in [6.45, 7) is 12.9. The van der Waals surface area contributed by atoms with Crippen molar-refractivity contribution in [1.82, 2.24) is 24.0 Å². The number of rotatable bonds is 8. The van der Waals surface area contributed by atoms with Crippen molar-refractivity contribution in [1.29, 1.82) is 0 Å². The summed E-state index contributed by atoms with van der Waals surface area (Å²) in [6.07, 6.45) is 1.83. The number of hydrogen-bond donors (Lipinski definition) is 1.